The molecular formula is C17H20N2O2S. The molecule has 0 aromatic heterocycles. The first-order valence-corrected chi connectivity index (χ1v) is 7.35. The van der Waals surface area contributed by atoms with Crippen LogP contribution in [0.2, 0.25) is 0 Å². The maximum Gasteiger partial charge on any atom is 0.171 e. The fourth-order valence-electron chi connectivity index (χ4n) is 2.09. The second kappa shape index (κ2) is 7.66. The van der Waals surface area contributed by atoms with Gasteiger partial charge in [-0.2, -0.15) is 0 Å². The number of thiocarbonyl (C=S) groups is 1. The fourth-order valence-corrected chi connectivity index (χ4v) is 2.28. The van der Waals surface area contributed by atoms with Gasteiger partial charge in [0.25, 0.3) is 0 Å². The van der Waals surface area contributed by atoms with Gasteiger partial charge < -0.3 is 20.1 Å². The molecule has 116 valence electrons. The van der Waals surface area contributed by atoms with E-state index >= 15 is 0 Å². The van der Waals surface area contributed by atoms with Gasteiger partial charge in [0.15, 0.2) is 16.6 Å². The molecule has 0 aliphatic heterocycles. The Kier molecular flexibility index (Phi) is 5.61. The topological polar surface area (TPSA) is 42.5 Å². The summed E-state index contributed by atoms with van der Waals surface area (Å²) in [5.74, 6) is 1.35. The van der Waals surface area contributed by atoms with E-state index in [0.717, 1.165) is 5.69 Å². The summed E-state index contributed by atoms with van der Waals surface area (Å²) in [5.41, 5.74) is 3.27. The summed E-state index contributed by atoms with van der Waals surface area (Å²) in [6, 6.07) is 13.9. The van der Waals surface area contributed by atoms with Gasteiger partial charge in [-0.1, -0.05) is 29.8 Å². The van der Waals surface area contributed by atoms with E-state index in [9.17, 15) is 0 Å². The van der Waals surface area contributed by atoms with Crippen LogP contribution in [0.15, 0.2) is 42.5 Å². The Bertz CT molecular complexity index is 659. The Morgan fingerprint density at radius 3 is 2.50 bits per heavy atom. The summed E-state index contributed by atoms with van der Waals surface area (Å²) < 4.78 is 10.5. The molecule has 2 rings (SSSR count). The van der Waals surface area contributed by atoms with Crippen molar-refractivity contribution in [2.45, 2.75) is 13.5 Å². The molecule has 0 aliphatic rings. The molecule has 0 unspecified atom stereocenters. The zero-order valence-corrected chi connectivity index (χ0v) is 13.8. The number of nitrogens with one attached hydrogen (secondary N) is 2. The van der Waals surface area contributed by atoms with Crippen LogP contribution >= 0.6 is 12.2 Å². The first kappa shape index (κ1) is 16.1. The van der Waals surface area contributed by atoms with E-state index in [1.807, 2.05) is 24.3 Å². The molecule has 2 N–H and O–H groups in total. The molecule has 5 heteroatoms. The lowest BCUT2D eigenvalue weighted by Gasteiger charge is -2.13. The van der Waals surface area contributed by atoms with Crippen LogP contribution < -0.4 is 20.1 Å². The molecule has 0 spiro atoms. The van der Waals surface area contributed by atoms with Gasteiger partial charge in [-0.25, -0.2) is 0 Å². The average Bonchev–Trinajstić information content (AvgIpc) is 2.53. The number of methoxy groups -OCH3 is 2. The smallest absolute Gasteiger partial charge is 0.171 e. The van der Waals surface area contributed by atoms with E-state index in [2.05, 4.69) is 35.8 Å². The number of ether oxygens (including phenoxy) is 2. The van der Waals surface area contributed by atoms with Gasteiger partial charge in [-0.3, -0.25) is 0 Å². The number of hydrogen-bond acceptors (Lipinski definition) is 3. The highest BCUT2D eigenvalue weighted by Crippen LogP contribution is 2.29. The summed E-state index contributed by atoms with van der Waals surface area (Å²) in [6.07, 6.45) is 0. The van der Waals surface area contributed by atoms with E-state index in [-0.39, 0.29) is 0 Å². The van der Waals surface area contributed by atoms with E-state index in [4.69, 9.17) is 21.7 Å². The first-order valence-electron chi connectivity index (χ1n) is 6.95. The molecule has 22 heavy (non-hydrogen) atoms. The highest BCUT2D eigenvalue weighted by atomic mass is 32.1. The lowest BCUT2D eigenvalue weighted by atomic mass is 10.1. The van der Waals surface area contributed by atoms with Gasteiger partial charge >= 0.3 is 0 Å². The number of benzene rings is 2. The maximum absolute atomic E-state index is 5.31. The minimum Gasteiger partial charge on any atom is -0.493 e. The summed E-state index contributed by atoms with van der Waals surface area (Å²) in [4.78, 5) is 0. The second-order valence-corrected chi connectivity index (χ2v) is 5.27. The Hall–Kier alpha value is -2.27. The monoisotopic (exact) mass is 316 g/mol. The molecule has 0 bridgehead atoms. The van der Waals surface area contributed by atoms with Crippen molar-refractivity contribution in [1.29, 1.82) is 0 Å². The number of aryl methyl sites for hydroxylation is 1. The Morgan fingerprint density at radius 1 is 1.05 bits per heavy atom. The molecule has 2 aromatic carbocycles. The molecule has 2 aromatic rings. The molecule has 0 saturated heterocycles. The van der Waals surface area contributed by atoms with Crippen molar-refractivity contribution in [3.8, 4) is 11.5 Å². The second-order valence-electron chi connectivity index (χ2n) is 4.87. The van der Waals surface area contributed by atoms with Crippen LogP contribution in [0.5, 0.6) is 11.5 Å². The number of rotatable bonds is 5. The van der Waals surface area contributed by atoms with Gasteiger partial charge in [-0.05, 0) is 36.8 Å². The van der Waals surface area contributed by atoms with Gasteiger partial charge in [0.2, 0.25) is 0 Å². The van der Waals surface area contributed by atoms with Crippen LogP contribution in [-0.4, -0.2) is 19.3 Å². The van der Waals surface area contributed by atoms with Crippen molar-refractivity contribution in [3.63, 3.8) is 0 Å². The quantitative estimate of drug-likeness (QED) is 0.827. The zero-order chi connectivity index (χ0) is 15.9. The fraction of sp³-hybridized carbons (Fsp3) is 0.235. The predicted molar refractivity (Wildman–Crippen MR) is 93.8 cm³/mol. The van der Waals surface area contributed by atoms with Crippen molar-refractivity contribution in [2.24, 2.45) is 0 Å². The third-order valence-electron chi connectivity index (χ3n) is 3.18. The Balaban J connectivity index is 1.94. The van der Waals surface area contributed by atoms with Gasteiger partial charge in [0.05, 0.1) is 14.2 Å². The first-order chi connectivity index (χ1) is 10.6. The van der Waals surface area contributed by atoms with Gasteiger partial charge in [-0.15, -0.1) is 0 Å². The average molecular weight is 316 g/mol. The molecular weight excluding hydrogens is 296 g/mol. The lowest BCUT2D eigenvalue weighted by Crippen LogP contribution is -2.27. The van der Waals surface area contributed by atoms with Crippen LogP contribution in [0.3, 0.4) is 0 Å². The van der Waals surface area contributed by atoms with Crippen molar-refractivity contribution >= 4 is 23.0 Å². The van der Waals surface area contributed by atoms with Crippen LogP contribution in [0.25, 0.3) is 0 Å². The van der Waals surface area contributed by atoms with Crippen molar-refractivity contribution in [3.05, 3.63) is 53.6 Å². The lowest BCUT2D eigenvalue weighted by molar-refractivity contribution is 0.355. The van der Waals surface area contributed by atoms with Crippen molar-refractivity contribution < 1.29 is 9.47 Å². The third-order valence-corrected chi connectivity index (χ3v) is 3.42. The normalized spacial score (nSPS) is 9.95. The SMILES string of the molecule is COc1ccc(NC(=S)NCc2cccc(C)c2)cc1OC. The molecule has 0 fully saturated rings. The van der Waals surface area contributed by atoms with Gasteiger partial charge in [0.1, 0.15) is 0 Å². The number of hydrogen-bond donors (Lipinski definition) is 2. The van der Waals surface area contributed by atoms with E-state index in [1.165, 1.54) is 11.1 Å². The zero-order valence-electron chi connectivity index (χ0n) is 13.0. The largest absolute Gasteiger partial charge is 0.493 e. The highest BCUT2D eigenvalue weighted by molar-refractivity contribution is 7.80. The Morgan fingerprint density at radius 2 is 1.82 bits per heavy atom. The number of anilines is 1. The molecule has 0 atom stereocenters. The van der Waals surface area contributed by atoms with Crippen LogP contribution in [0, 0.1) is 6.92 Å². The highest BCUT2D eigenvalue weighted by Gasteiger charge is 2.05. The summed E-state index contributed by atoms with van der Waals surface area (Å²) >= 11 is 5.31. The van der Waals surface area contributed by atoms with E-state index < -0.39 is 0 Å². The van der Waals surface area contributed by atoms with Gasteiger partial charge in [0, 0.05) is 18.3 Å². The summed E-state index contributed by atoms with van der Waals surface area (Å²) in [6.45, 7) is 2.75. The van der Waals surface area contributed by atoms with Crippen LogP contribution in [-0.2, 0) is 6.54 Å². The molecule has 0 aliphatic carbocycles. The molecule has 4 nitrogen and oxygen atoms in total. The van der Waals surface area contributed by atoms with Crippen molar-refractivity contribution in [1.82, 2.24) is 5.32 Å². The van der Waals surface area contributed by atoms with Crippen LogP contribution in [0.4, 0.5) is 5.69 Å². The molecule has 0 radical (unpaired) electrons. The van der Waals surface area contributed by atoms with Crippen molar-refractivity contribution in [2.75, 3.05) is 19.5 Å². The molecule has 0 saturated carbocycles. The third kappa shape index (κ3) is 4.36. The molecule has 0 amide bonds. The van der Waals surface area contributed by atoms with E-state index in [0.29, 0.717) is 23.2 Å². The Labute approximate surface area is 136 Å². The molecule has 0 heterocycles. The summed E-state index contributed by atoms with van der Waals surface area (Å²) in [7, 11) is 3.22. The van der Waals surface area contributed by atoms with Crippen LogP contribution in [0.1, 0.15) is 11.1 Å². The standard InChI is InChI=1S/C17H20N2O2S/c1-12-5-4-6-13(9-12)11-18-17(22)19-14-7-8-15(20-2)16(10-14)21-3/h4-10H,11H2,1-3H3,(H2,18,19,22). The summed E-state index contributed by atoms with van der Waals surface area (Å²) in [5, 5.41) is 6.89. The maximum atomic E-state index is 5.31. The minimum atomic E-state index is 0.564. The predicted octanol–water partition coefficient (Wildman–Crippen LogP) is 3.50. The minimum absolute atomic E-state index is 0.564. The van der Waals surface area contributed by atoms with E-state index in [1.54, 1.807) is 14.2 Å².